The number of amides is 1. The lowest BCUT2D eigenvalue weighted by Gasteiger charge is -2.33. The van der Waals surface area contributed by atoms with Gasteiger partial charge in [0.25, 0.3) is 5.91 Å². The highest BCUT2D eigenvalue weighted by Gasteiger charge is 2.41. The monoisotopic (exact) mass is 342 g/mol. The molecule has 2 N–H and O–H groups in total. The van der Waals surface area contributed by atoms with E-state index in [2.05, 4.69) is 10.3 Å². The first kappa shape index (κ1) is 15.8. The number of carbonyl (C=O) groups is 2. The van der Waals surface area contributed by atoms with E-state index in [1.807, 2.05) is 0 Å². The average Bonchev–Trinajstić information content (AvgIpc) is 3.19. The lowest BCUT2D eigenvalue weighted by molar-refractivity contribution is -0.144. The molecular formula is C14H18N2O4S2. The molecule has 22 heavy (non-hydrogen) atoms. The van der Waals surface area contributed by atoms with Crippen LogP contribution in [0.3, 0.4) is 0 Å². The van der Waals surface area contributed by atoms with Crippen molar-refractivity contribution in [3.63, 3.8) is 0 Å². The van der Waals surface area contributed by atoms with Crippen LogP contribution in [-0.2, 0) is 9.53 Å². The molecule has 1 amide bonds. The van der Waals surface area contributed by atoms with E-state index in [0.717, 1.165) is 36.0 Å². The van der Waals surface area contributed by atoms with Gasteiger partial charge in [0.15, 0.2) is 0 Å². The Morgan fingerprint density at radius 1 is 1.41 bits per heavy atom. The average molecular weight is 342 g/mol. The molecule has 120 valence electrons. The standard InChI is InChI=1S/C14H18N2O4S2/c17-11(16-14(13(18)19)3-6-21-7-4-14)10-8-15-12(22-10)9-2-1-5-20-9/h8-9H,1-7H2,(H,16,17)(H,18,19). The number of rotatable bonds is 4. The molecule has 2 fully saturated rings. The second kappa shape index (κ2) is 6.55. The molecule has 3 rings (SSSR count). The maximum atomic E-state index is 12.4. The van der Waals surface area contributed by atoms with Crippen LogP contribution in [0.15, 0.2) is 6.20 Å². The molecule has 1 unspecified atom stereocenters. The van der Waals surface area contributed by atoms with Crippen LogP contribution in [0.4, 0.5) is 0 Å². The Balaban J connectivity index is 1.71. The quantitative estimate of drug-likeness (QED) is 0.871. The number of hydrogen-bond donors (Lipinski definition) is 2. The molecule has 3 heterocycles. The van der Waals surface area contributed by atoms with E-state index < -0.39 is 11.5 Å². The molecule has 0 spiro atoms. The number of hydrogen-bond acceptors (Lipinski definition) is 6. The normalized spacial score (nSPS) is 24.1. The minimum atomic E-state index is -1.14. The van der Waals surface area contributed by atoms with Crippen LogP contribution >= 0.6 is 23.1 Å². The second-order valence-corrected chi connectivity index (χ2v) is 7.81. The summed E-state index contributed by atoms with van der Waals surface area (Å²) in [4.78, 5) is 28.7. The first-order valence-corrected chi connectivity index (χ1v) is 9.29. The van der Waals surface area contributed by atoms with Gasteiger partial charge in [-0.1, -0.05) is 0 Å². The largest absolute Gasteiger partial charge is 0.480 e. The van der Waals surface area contributed by atoms with Crippen molar-refractivity contribution < 1.29 is 19.4 Å². The fourth-order valence-electron chi connectivity index (χ4n) is 2.70. The Morgan fingerprint density at radius 2 is 2.18 bits per heavy atom. The summed E-state index contributed by atoms with van der Waals surface area (Å²) in [7, 11) is 0. The molecule has 0 bridgehead atoms. The fourth-order valence-corrected chi connectivity index (χ4v) is 4.79. The number of thioether (sulfide) groups is 1. The number of ether oxygens (including phenoxy) is 1. The summed E-state index contributed by atoms with van der Waals surface area (Å²) in [6.07, 6.45) is 4.33. The summed E-state index contributed by atoms with van der Waals surface area (Å²) in [6.45, 7) is 0.728. The van der Waals surface area contributed by atoms with E-state index in [0.29, 0.717) is 17.7 Å². The third-order valence-corrected chi connectivity index (χ3v) is 6.13. The van der Waals surface area contributed by atoms with Crippen LogP contribution in [-0.4, -0.2) is 45.6 Å². The second-order valence-electron chi connectivity index (χ2n) is 5.52. The van der Waals surface area contributed by atoms with Crippen LogP contribution in [0.5, 0.6) is 0 Å². The molecule has 1 aromatic heterocycles. The zero-order valence-electron chi connectivity index (χ0n) is 12.0. The van der Waals surface area contributed by atoms with Crippen molar-refractivity contribution in [2.45, 2.75) is 37.3 Å². The zero-order valence-corrected chi connectivity index (χ0v) is 13.7. The smallest absolute Gasteiger partial charge is 0.329 e. The van der Waals surface area contributed by atoms with E-state index in [1.54, 1.807) is 11.8 Å². The third-order valence-electron chi connectivity index (χ3n) is 4.06. The highest BCUT2D eigenvalue weighted by atomic mass is 32.2. The molecular weight excluding hydrogens is 324 g/mol. The Morgan fingerprint density at radius 3 is 2.82 bits per heavy atom. The Hall–Kier alpha value is -1.12. The van der Waals surface area contributed by atoms with Crippen LogP contribution in [0.2, 0.25) is 0 Å². The van der Waals surface area contributed by atoms with Gasteiger partial charge in [-0.15, -0.1) is 11.3 Å². The lowest BCUT2D eigenvalue weighted by atomic mass is 9.92. The van der Waals surface area contributed by atoms with E-state index in [9.17, 15) is 14.7 Å². The van der Waals surface area contributed by atoms with Crippen molar-refractivity contribution in [2.75, 3.05) is 18.1 Å². The van der Waals surface area contributed by atoms with E-state index in [4.69, 9.17) is 4.74 Å². The SMILES string of the molecule is O=C(NC1(C(=O)O)CCSCC1)c1cnc(C2CCCO2)s1. The number of thiazole rings is 1. The molecule has 8 heteroatoms. The van der Waals surface area contributed by atoms with Crippen LogP contribution in [0, 0.1) is 0 Å². The number of carboxylic acid groups (broad SMARTS) is 1. The van der Waals surface area contributed by atoms with Gasteiger partial charge in [-0.05, 0) is 37.2 Å². The molecule has 0 aliphatic carbocycles. The molecule has 0 saturated carbocycles. The van der Waals surface area contributed by atoms with Crippen molar-refractivity contribution in [1.82, 2.24) is 10.3 Å². The fraction of sp³-hybridized carbons (Fsp3) is 0.643. The van der Waals surface area contributed by atoms with E-state index in [-0.39, 0.29) is 12.0 Å². The third kappa shape index (κ3) is 3.13. The van der Waals surface area contributed by atoms with Gasteiger partial charge in [-0.25, -0.2) is 9.78 Å². The molecule has 2 saturated heterocycles. The molecule has 0 radical (unpaired) electrons. The summed E-state index contributed by atoms with van der Waals surface area (Å²) < 4.78 is 5.56. The van der Waals surface area contributed by atoms with Crippen molar-refractivity contribution in [3.05, 3.63) is 16.1 Å². The first-order valence-electron chi connectivity index (χ1n) is 7.32. The number of aromatic nitrogens is 1. The summed E-state index contributed by atoms with van der Waals surface area (Å²) in [6, 6.07) is 0. The van der Waals surface area contributed by atoms with E-state index in [1.165, 1.54) is 17.5 Å². The van der Waals surface area contributed by atoms with Crippen molar-refractivity contribution in [2.24, 2.45) is 0 Å². The molecule has 1 aromatic rings. The maximum absolute atomic E-state index is 12.4. The van der Waals surface area contributed by atoms with Gasteiger partial charge in [0.05, 0.1) is 6.20 Å². The Labute approximate surface area is 136 Å². The number of nitrogens with zero attached hydrogens (tertiary/aromatic N) is 1. The summed E-state index contributed by atoms with van der Waals surface area (Å²) >= 11 is 3.01. The van der Waals surface area contributed by atoms with Gasteiger partial charge in [0.2, 0.25) is 0 Å². The Bertz CT molecular complexity index is 563. The summed E-state index contributed by atoms with van der Waals surface area (Å²) in [5, 5.41) is 13.0. The lowest BCUT2D eigenvalue weighted by Crippen LogP contribution is -2.56. The van der Waals surface area contributed by atoms with Gasteiger partial charge < -0.3 is 15.2 Å². The molecule has 2 aliphatic rings. The summed E-state index contributed by atoms with van der Waals surface area (Å²) in [5.74, 6) is 0.188. The molecule has 2 aliphatic heterocycles. The summed E-state index contributed by atoms with van der Waals surface area (Å²) in [5.41, 5.74) is -1.14. The molecule has 1 atom stereocenters. The minimum Gasteiger partial charge on any atom is -0.480 e. The molecule has 6 nitrogen and oxygen atoms in total. The predicted molar refractivity (Wildman–Crippen MR) is 84.4 cm³/mol. The van der Waals surface area contributed by atoms with Crippen LogP contribution < -0.4 is 5.32 Å². The van der Waals surface area contributed by atoms with Gasteiger partial charge in [-0.2, -0.15) is 11.8 Å². The highest BCUT2D eigenvalue weighted by molar-refractivity contribution is 7.99. The predicted octanol–water partition coefficient (Wildman–Crippen LogP) is 2.07. The van der Waals surface area contributed by atoms with E-state index >= 15 is 0 Å². The molecule has 0 aromatic carbocycles. The minimum absolute atomic E-state index is 0.0222. The number of aliphatic carboxylic acids is 1. The van der Waals surface area contributed by atoms with Crippen molar-refractivity contribution >= 4 is 35.0 Å². The number of nitrogens with one attached hydrogen (secondary N) is 1. The van der Waals surface area contributed by atoms with Crippen molar-refractivity contribution in [1.29, 1.82) is 0 Å². The van der Waals surface area contributed by atoms with Gasteiger partial charge in [0.1, 0.15) is 21.5 Å². The number of carboxylic acids is 1. The number of carbonyl (C=O) groups excluding carboxylic acids is 1. The highest BCUT2D eigenvalue weighted by Crippen LogP contribution is 2.32. The van der Waals surface area contributed by atoms with Gasteiger partial charge in [0, 0.05) is 6.61 Å². The van der Waals surface area contributed by atoms with Gasteiger partial charge in [-0.3, -0.25) is 4.79 Å². The van der Waals surface area contributed by atoms with Gasteiger partial charge >= 0.3 is 5.97 Å². The zero-order chi connectivity index (χ0) is 15.6. The maximum Gasteiger partial charge on any atom is 0.329 e. The topological polar surface area (TPSA) is 88.5 Å². The Kier molecular flexibility index (Phi) is 4.70. The first-order chi connectivity index (χ1) is 10.6. The van der Waals surface area contributed by atoms with Crippen LogP contribution in [0.1, 0.15) is 46.5 Å². The van der Waals surface area contributed by atoms with Crippen molar-refractivity contribution in [3.8, 4) is 0 Å². The van der Waals surface area contributed by atoms with Crippen LogP contribution in [0.25, 0.3) is 0 Å².